The summed E-state index contributed by atoms with van der Waals surface area (Å²) in [6.45, 7) is 1.56. The molecule has 3 nitrogen and oxygen atoms in total. The lowest BCUT2D eigenvalue weighted by molar-refractivity contribution is 0.505. The average Bonchev–Trinajstić information content (AvgIpc) is 2.86. The van der Waals surface area contributed by atoms with Crippen LogP contribution in [0.25, 0.3) is 11.3 Å². The van der Waals surface area contributed by atoms with E-state index >= 15 is 0 Å². The summed E-state index contributed by atoms with van der Waals surface area (Å²) >= 11 is 0. The maximum Gasteiger partial charge on any atom is 0.159 e. The van der Waals surface area contributed by atoms with Gasteiger partial charge in [0, 0.05) is 24.2 Å². The van der Waals surface area contributed by atoms with Crippen LogP contribution in [0.4, 0.5) is 8.78 Å². The molecule has 3 aromatic rings. The number of benzene rings is 2. The van der Waals surface area contributed by atoms with Crippen LogP contribution in [0.5, 0.6) is 0 Å². The fraction of sp³-hybridized carbons (Fsp3) is 0.200. The van der Waals surface area contributed by atoms with Crippen LogP contribution in [0.2, 0.25) is 0 Å². The van der Waals surface area contributed by atoms with Gasteiger partial charge in [-0.05, 0) is 60.0 Å². The zero-order chi connectivity index (χ0) is 17.2. The molecule has 0 fully saturated rings. The Kier molecular flexibility index (Phi) is 4.24. The molecule has 126 valence electrons. The molecular weight excluding hydrogens is 320 g/mol. The molecule has 0 radical (unpaired) electrons. The molecule has 0 saturated carbocycles. The molecule has 1 unspecified atom stereocenters. The zero-order valence-electron chi connectivity index (χ0n) is 13.5. The largest absolute Gasteiger partial charge is 0.313 e. The number of rotatable bonds is 2. The Morgan fingerprint density at radius 2 is 1.92 bits per heavy atom. The van der Waals surface area contributed by atoms with E-state index in [1.807, 2.05) is 18.2 Å². The van der Waals surface area contributed by atoms with Gasteiger partial charge in [0.05, 0.1) is 5.69 Å². The fourth-order valence-electron chi connectivity index (χ4n) is 3.41. The first kappa shape index (κ1) is 15.8. The van der Waals surface area contributed by atoms with Gasteiger partial charge in [0.15, 0.2) is 11.6 Å². The molecule has 1 aromatic heterocycles. The summed E-state index contributed by atoms with van der Waals surface area (Å²) < 4.78 is 27.0. The van der Waals surface area contributed by atoms with Gasteiger partial charge in [-0.2, -0.15) is 10.2 Å². The topological polar surface area (TPSA) is 37.8 Å². The summed E-state index contributed by atoms with van der Waals surface area (Å²) in [4.78, 5) is 0. The Balaban J connectivity index is 1.77. The number of aromatic nitrogens is 2. The Morgan fingerprint density at radius 1 is 1.00 bits per heavy atom. The van der Waals surface area contributed by atoms with Crippen molar-refractivity contribution in [1.29, 1.82) is 0 Å². The minimum atomic E-state index is -0.811. The predicted octanol–water partition coefficient (Wildman–Crippen LogP) is 4.05. The van der Waals surface area contributed by atoms with Gasteiger partial charge in [-0.25, -0.2) is 8.78 Å². The third kappa shape index (κ3) is 3.15. The molecule has 5 heteroatoms. The van der Waals surface area contributed by atoms with Crippen LogP contribution in [0.15, 0.2) is 54.7 Å². The van der Waals surface area contributed by atoms with Crippen molar-refractivity contribution in [3.63, 3.8) is 0 Å². The van der Waals surface area contributed by atoms with E-state index in [0.29, 0.717) is 0 Å². The molecule has 25 heavy (non-hydrogen) atoms. The molecule has 0 bridgehead atoms. The molecule has 0 spiro atoms. The second kappa shape index (κ2) is 6.69. The Morgan fingerprint density at radius 3 is 2.72 bits per heavy atom. The highest BCUT2D eigenvalue weighted by atomic mass is 19.2. The van der Waals surface area contributed by atoms with Crippen molar-refractivity contribution in [2.45, 2.75) is 18.9 Å². The first-order chi connectivity index (χ1) is 12.2. The number of fused-ring (bicyclic) bond motifs is 1. The maximum absolute atomic E-state index is 13.7. The van der Waals surface area contributed by atoms with Crippen LogP contribution in [-0.4, -0.2) is 16.7 Å². The quantitative estimate of drug-likeness (QED) is 0.767. The van der Waals surface area contributed by atoms with Gasteiger partial charge in [-0.1, -0.05) is 18.2 Å². The van der Waals surface area contributed by atoms with Gasteiger partial charge in [0.25, 0.3) is 0 Å². The number of hydrogen-bond donors (Lipinski definition) is 1. The van der Waals surface area contributed by atoms with Crippen molar-refractivity contribution in [3.05, 3.63) is 83.1 Å². The summed E-state index contributed by atoms with van der Waals surface area (Å²) in [5.41, 5.74) is 4.91. The van der Waals surface area contributed by atoms with E-state index in [2.05, 4.69) is 27.6 Å². The minimum absolute atomic E-state index is 0.0380. The van der Waals surface area contributed by atoms with E-state index in [1.54, 1.807) is 12.3 Å². The first-order valence-corrected chi connectivity index (χ1v) is 8.29. The van der Waals surface area contributed by atoms with E-state index in [1.165, 1.54) is 12.1 Å². The smallest absolute Gasteiger partial charge is 0.159 e. The van der Waals surface area contributed by atoms with Crippen molar-refractivity contribution < 1.29 is 8.78 Å². The average molecular weight is 337 g/mol. The van der Waals surface area contributed by atoms with Crippen LogP contribution >= 0.6 is 0 Å². The van der Waals surface area contributed by atoms with Crippen LogP contribution in [0.3, 0.4) is 0 Å². The molecule has 1 atom stereocenters. The SMILES string of the molecule is Fc1ccc(C2CCNCc3cc(-c4cccnn4)ccc32)cc1F. The molecule has 0 saturated heterocycles. The lowest BCUT2D eigenvalue weighted by Crippen LogP contribution is -2.12. The second-order valence-corrected chi connectivity index (χ2v) is 6.21. The highest BCUT2D eigenvalue weighted by molar-refractivity contribution is 5.61. The van der Waals surface area contributed by atoms with Crippen molar-refractivity contribution >= 4 is 0 Å². The van der Waals surface area contributed by atoms with Gasteiger partial charge in [0.2, 0.25) is 0 Å². The predicted molar refractivity (Wildman–Crippen MR) is 92.0 cm³/mol. The molecule has 4 rings (SSSR count). The molecule has 1 aliphatic rings. The van der Waals surface area contributed by atoms with Gasteiger partial charge >= 0.3 is 0 Å². The fourth-order valence-corrected chi connectivity index (χ4v) is 3.41. The Hall–Kier alpha value is -2.66. The number of nitrogens with one attached hydrogen (secondary N) is 1. The van der Waals surface area contributed by atoms with E-state index in [0.717, 1.165) is 47.5 Å². The monoisotopic (exact) mass is 337 g/mol. The third-order valence-electron chi connectivity index (χ3n) is 4.66. The van der Waals surface area contributed by atoms with Crippen molar-refractivity contribution in [2.75, 3.05) is 6.54 Å². The molecule has 2 aromatic carbocycles. The summed E-state index contributed by atoms with van der Waals surface area (Å²) in [6, 6.07) is 14.2. The van der Waals surface area contributed by atoms with Crippen molar-refractivity contribution in [2.24, 2.45) is 0 Å². The first-order valence-electron chi connectivity index (χ1n) is 8.29. The number of nitrogens with zero attached hydrogens (tertiary/aromatic N) is 2. The van der Waals surface area contributed by atoms with E-state index < -0.39 is 11.6 Å². The normalized spacial score (nSPS) is 17.0. The van der Waals surface area contributed by atoms with E-state index in [-0.39, 0.29) is 5.92 Å². The summed E-state index contributed by atoms with van der Waals surface area (Å²) in [6.07, 6.45) is 2.48. The van der Waals surface area contributed by atoms with E-state index in [9.17, 15) is 8.78 Å². The van der Waals surface area contributed by atoms with E-state index in [4.69, 9.17) is 0 Å². The maximum atomic E-state index is 13.7. The third-order valence-corrected chi connectivity index (χ3v) is 4.66. The standard InChI is InChI=1S/C20H17F2N3/c21-18-6-4-13(11-19(18)22)17-7-9-23-12-15-10-14(3-5-16(15)17)20-2-1-8-24-25-20/h1-6,8,10-11,17,23H,7,9,12H2. The van der Waals surface area contributed by atoms with Gasteiger partial charge in [-0.3, -0.25) is 0 Å². The number of halogens is 2. The molecule has 1 N–H and O–H groups in total. The van der Waals surface area contributed by atoms with Crippen molar-refractivity contribution in [3.8, 4) is 11.3 Å². The lowest BCUT2D eigenvalue weighted by Gasteiger charge is -2.19. The van der Waals surface area contributed by atoms with Crippen LogP contribution in [0, 0.1) is 11.6 Å². The Labute approximate surface area is 144 Å². The summed E-state index contributed by atoms with van der Waals surface area (Å²) in [5.74, 6) is -1.57. The highest BCUT2D eigenvalue weighted by Crippen LogP contribution is 2.34. The lowest BCUT2D eigenvalue weighted by atomic mass is 9.85. The van der Waals surface area contributed by atoms with Gasteiger partial charge in [-0.15, -0.1) is 0 Å². The van der Waals surface area contributed by atoms with Crippen LogP contribution in [0.1, 0.15) is 29.0 Å². The van der Waals surface area contributed by atoms with Crippen LogP contribution < -0.4 is 5.32 Å². The molecular formula is C20H17F2N3. The molecule has 2 heterocycles. The van der Waals surface area contributed by atoms with Gasteiger partial charge in [0.1, 0.15) is 0 Å². The Bertz CT molecular complexity index is 897. The zero-order valence-corrected chi connectivity index (χ0v) is 13.5. The molecule has 1 aliphatic heterocycles. The molecule has 0 aliphatic carbocycles. The summed E-state index contributed by atoms with van der Waals surface area (Å²) in [5, 5.41) is 11.5. The minimum Gasteiger partial charge on any atom is -0.313 e. The van der Waals surface area contributed by atoms with Crippen molar-refractivity contribution in [1.82, 2.24) is 15.5 Å². The summed E-state index contributed by atoms with van der Waals surface area (Å²) in [7, 11) is 0. The molecule has 0 amide bonds. The van der Waals surface area contributed by atoms with Gasteiger partial charge < -0.3 is 5.32 Å². The highest BCUT2D eigenvalue weighted by Gasteiger charge is 2.22. The number of hydrogen-bond acceptors (Lipinski definition) is 3. The second-order valence-electron chi connectivity index (χ2n) is 6.21. The van der Waals surface area contributed by atoms with Crippen LogP contribution in [-0.2, 0) is 6.54 Å².